The quantitative estimate of drug-likeness (QED) is 0.465. The molecule has 0 aromatic heterocycles. The molecule has 35 heavy (non-hydrogen) atoms. The summed E-state index contributed by atoms with van der Waals surface area (Å²) in [6, 6.07) is 9.15. The van der Waals surface area contributed by atoms with E-state index >= 15 is 0 Å². The lowest BCUT2D eigenvalue weighted by molar-refractivity contribution is -0.122. The van der Waals surface area contributed by atoms with Crippen molar-refractivity contribution in [3.8, 4) is 5.75 Å². The molecule has 1 fully saturated rings. The van der Waals surface area contributed by atoms with Crippen molar-refractivity contribution in [1.29, 1.82) is 0 Å². The largest absolute Gasteiger partial charge is 0.492 e. The molecule has 1 aliphatic heterocycles. The monoisotopic (exact) mass is 545 g/mol. The molecular weight excluding hydrogens is 518 g/mol. The summed E-state index contributed by atoms with van der Waals surface area (Å²) >= 11 is 6.07. The molecule has 0 radical (unpaired) electrons. The van der Waals surface area contributed by atoms with Crippen molar-refractivity contribution < 1.29 is 31.1 Å². The van der Waals surface area contributed by atoms with Crippen LogP contribution < -0.4 is 14.8 Å². The smallest absolute Gasteiger partial charge is 0.243 e. The highest BCUT2D eigenvalue weighted by molar-refractivity contribution is 7.89. The van der Waals surface area contributed by atoms with Gasteiger partial charge in [-0.3, -0.25) is 4.79 Å². The summed E-state index contributed by atoms with van der Waals surface area (Å²) in [5, 5.41) is 2.79. The summed E-state index contributed by atoms with van der Waals surface area (Å²) in [4.78, 5) is 12.5. The van der Waals surface area contributed by atoms with Crippen molar-refractivity contribution in [2.75, 3.05) is 32.9 Å². The minimum atomic E-state index is -4.01. The van der Waals surface area contributed by atoms with Gasteiger partial charge in [0.05, 0.1) is 40.7 Å². The van der Waals surface area contributed by atoms with E-state index in [1.165, 1.54) is 41.6 Å². The molecule has 0 unspecified atom stereocenters. The first-order valence-electron chi connectivity index (χ1n) is 10.9. The zero-order chi connectivity index (χ0) is 25.6. The molecule has 10 nitrogen and oxygen atoms in total. The predicted octanol–water partition coefficient (Wildman–Crippen LogP) is 1.74. The van der Waals surface area contributed by atoms with Crippen LogP contribution in [0.1, 0.15) is 19.4 Å². The average Bonchev–Trinajstić information content (AvgIpc) is 2.84. The predicted molar refractivity (Wildman–Crippen MR) is 130 cm³/mol. The third kappa shape index (κ3) is 6.93. The number of halogens is 1. The first kappa shape index (κ1) is 27.4. The molecule has 192 valence electrons. The molecule has 13 heteroatoms. The van der Waals surface area contributed by atoms with Crippen LogP contribution in [0, 0.1) is 0 Å². The maximum atomic E-state index is 12.7. The van der Waals surface area contributed by atoms with Gasteiger partial charge in [0.2, 0.25) is 26.0 Å². The zero-order valence-electron chi connectivity index (χ0n) is 19.4. The number of ether oxygens (including phenoxy) is 2. The third-order valence-corrected chi connectivity index (χ3v) is 8.98. The van der Waals surface area contributed by atoms with Crippen molar-refractivity contribution in [3.05, 3.63) is 53.1 Å². The minimum Gasteiger partial charge on any atom is -0.492 e. The van der Waals surface area contributed by atoms with Crippen molar-refractivity contribution >= 4 is 37.6 Å². The van der Waals surface area contributed by atoms with Crippen LogP contribution in [0.25, 0.3) is 0 Å². The van der Waals surface area contributed by atoms with Crippen molar-refractivity contribution in [3.63, 3.8) is 0 Å². The third-order valence-electron chi connectivity index (χ3n) is 5.24. The summed E-state index contributed by atoms with van der Waals surface area (Å²) < 4.78 is 64.9. The van der Waals surface area contributed by atoms with Crippen molar-refractivity contribution in [2.45, 2.75) is 36.2 Å². The molecule has 2 aromatic rings. The molecule has 0 bridgehead atoms. The maximum Gasteiger partial charge on any atom is 0.243 e. The van der Waals surface area contributed by atoms with E-state index in [4.69, 9.17) is 21.1 Å². The summed E-state index contributed by atoms with van der Waals surface area (Å²) in [5.74, 6) is -0.182. The van der Waals surface area contributed by atoms with E-state index < -0.39 is 32.0 Å². The number of carbonyl (C=O) groups is 1. The summed E-state index contributed by atoms with van der Waals surface area (Å²) in [6.45, 7) is 5.00. The molecule has 3 rings (SSSR count). The number of morpholine rings is 1. The first-order chi connectivity index (χ1) is 16.5. The summed E-state index contributed by atoms with van der Waals surface area (Å²) in [7, 11) is -7.61. The van der Waals surface area contributed by atoms with Gasteiger partial charge in [-0.15, -0.1) is 0 Å². The number of hydrogen-bond donors (Lipinski definition) is 2. The van der Waals surface area contributed by atoms with Crippen LogP contribution in [0.3, 0.4) is 0 Å². The number of rotatable bonds is 10. The molecule has 0 aliphatic carbocycles. The molecule has 2 aromatic carbocycles. The Morgan fingerprint density at radius 3 is 2.31 bits per heavy atom. The Kier molecular flexibility index (Phi) is 9.13. The van der Waals surface area contributed by atoms with E-state index in [0.717, 1.165) is 0 Å². The van der Waals surface area contributed by atoms with Gasteiger partial charge < -0.3 is 14.8 Å². The second kappa shape index (κ2) is 11.7. The van der Waals surface area contributed by atoms with Gasteiger partial charge in [-0.2, -0.15) is 9.03 Å². The molecule has 1 aliphatic rings. The Balaban J connectivity index is 1.57. The van der Waals surface area contributed by atoms with Gasteiger partial charge in [0.25, 0.3) is 0 Å². The van der Waals surface area contributed by atoms with E-state index in [1.54, 1.807) is 19.1 Å². The normalized spacial score (nSPS) is 16.0. The second-order valence-electron chi connectivity index (χ2n) is 7.75. The molecule has 1 atom stereocenters. The standard InChI is InChI=1S/C22H28ClN3O7S2/c1-3-33-21-9-8-19(14-20(21)23)34(28,29)25-16(2)22(27)24-15-17-4-6-18(7-5-17)35(30,31)26-10-12-32-13-11-26/h4-9,14,16,25H,3,10-13,15H2,1-2H3,(H,24,27)/t16-/m0/s1. The summed E-state index contributed by atoms with van der Waals surface area (Å²) in [5.41, 5.74) is 0.660. The van der Waals surface area contributed by atoms with Crippen molar-refractivity contribution in [2.24, 2.45) is 0 Å². The van der Waals surface area contributed by atoms with Gasteiger partial charge in [-0.25, -0.2) is 16.8 Å². The van der Waals surface area contributed by atoms with Gasteiger partial charge in [0, 0.05) is 19.6 Å². The molecule has 0 saturated carbocycles. The van der Waals surface area contributed by atoms with Crippen LogP contribution in [-0.4, -0.2) is 66.0 Å². The van der Waals surface area contributed by atoms with E-state index in [1.807, 2.05) is 0 Å². The fraction of sp³-hybridized carbons (Fsp3) is 0.409. The van der Waals surface area contributed by atoms with E-state index in [2.05, 4.69) is 10.0 Å². The second-order valence-corrected chi connectivity index (χ2v) is 11.8. The number of hydrogen-bond acceptors (Lipinski definition) is 7. The van der Waals surface area contributed by atoms with Gasteiger partial charge in [-0.05, 0) is 49.7 Å². The van der Waals surface area contributed by atoms with E-state index in [0.29, 0.717) is 44.2 Å². The number of nitrogens with one attached hydrogen (secondary N) is 2. The molecule has 1 saturated heterocycles. The Hall–Kier alpha value is -2.22. The molecule has 0 spiro atoms. The highest BCUT2D eigenvalue weighted by Crippen LogP contribution is 2.27. The number of carbonyl (C=O) groups excluding carboxylic acids is 1. The lowest BCUT2D eigenvalue weighted by atomic mass is 10.2. The van der Waals surface area contributed by atoms with Gasteiger partial charge in [0.1, 0.15) is 5.75 Å². The van der Waals surface area contributed by atoms with Crippen LogP contribution in [0.15, 0.2) is 52.3 Å². The Morgan fingerprint density at radius 2 is 1.71 bits per heavy atom. The molecule has 1 heterocycles. The van der Waals surface area contributed by atoms with Crippen molar-refractivity contribution in [1.82, 2.24) is 14.3 Å². The molecular formula is C22H28ClN3O7S2. The average molecular weight is 546 g/mol. The fourth-order valence-corrected chi connectivity index (χ4v) is 6.27. The van der Waals surface area contributed by atoms with Gasteiger partial charge in [0.15, 0.2) is 0 Å². The Bertz CT molecular complexity index is 1250. The number of benzene rings is 2. The lowest BCUT2D eigenvalue weighted by Gasteiger charge is -2.26. The lowest BCUT2D eigenvalue weighted by Crippen LogP contribution is -2.44. The Morgan fingerprint density at radius 1 is 1.09 bits per heavy atom. The molecule has 1 amide bonds. The van der Waals surface area contributed by atoms with Gasteiger partial charge in [-0.1, -0.05) is 23.7 Å². The number of sulfonamides is 2. The molecule has 2 N–H and O–H groups in total. The van der Waals surface area contributed by atoms with Gasteiger partial charge >= 0.3 is 0 Å². The van der Waals surface area contributed by atoms with Crippen LogP contribution >= 0.6 is 11.6 Å². The zero-order valence-corrected chi connectivity index (χ0v) is 21.7. The van der Waals surface area contributed by atoms with E-state index in [9.17, 15) is 21.6 Å². The SMILES string of the molecule is CCOc1ccc(S(=O)(=O)N[C@@H](C)C(=O)NCc2ccc(S(=O)(=O)N3CCOCC3)cc2)cc1Cl. The van der Waals surface area contributed by atoms with Crippen LogP contribution in [0.2, 0.25) is 5.02 Å². The number of amides is 1. The van der Waals surface area contributed by atoms with Crippen LogP contribution in [-0.2, 0) is 36.1 Å². The highest BCUT2D eigenvalue weighted by Gasteiger charge is 2.26. The summed E-state index contributed by atoms with van der Waals surface area (Å²) in [6.07, 6.45) is 0. The minimum absolute atomic E-state index is 0.0948. The van der Waals surface area contributed by atoms with Crippen LogP contribution in [0.4, 0.5) is 0 Å². The maximum absolute atomic E-state index is 12.7. The first-order valence-corrected chi connectivity index (χ1v) is 14.2. The van der Waals surface area contributed by atoms with Crippen LogP contribution in [0.5, 0.6) is 5.75 Å². The Labute approximate surface area is 210 Å². The topological polar surface area (TPSA) is 131 Å². The fourth-order valence-electron chi connectivity index (χ4n) is 3.33. The number of nitrogens with zero attached hydrogens (tertiary/aromatic N) is 1. The van der Waals surface area contributed by atoms with E-state index in [-0.39, 0.29) is 21.4 Å². The highest BCUT2D eigenvalue weighted by atomic mass is 35.5.